The van der Waals surface area contributed by atoms with E-state index in [1.807, 2.05) is 0 Å². The van der Waals surface area contributed by atoms with Crippen LogP contribution in [0.4, 0.5) is 4.39 Å². The second-order valence-electron chi connectivity index (χ2n) is 4.69. The molecule has 2 aromatic carbocycles. The third-order valence-electron chi connectivity index (χ3n) is 3.41. The van der Waals surface area contributed by atoms with Crippen LogP contribution in [0.5, 0.6) is 0 Å². The molecule has 4 nitrogen and oxygen atoms in total. The minimum atomic E-state index is -0.664. The Kier molecular flexibility index (Phi) is 3.66. The highest BCUT2D eigenvalue weighted by molar-refractivity contribution is 9.10. The summed E-state index contributed by atoms with van der Waals surface area (Å²) in [5.41, 5.74) is -1.06. The summed E-state index contributed by atoms with van der Waals surface area (Å²) in [5, 5.41) is 0.343. The molecule has 0 fully saturated rings. The zero-order valence-electron chi connectivity index (χ0n) is 11.3. The number of rotatable bonds is 1. The minimum Gasteiger partial charge on any atom is -0.293 e. The molecule has 0 amide bonds. The molecule has 0 aliphatic carbocycles. The largest absolute Gasteiger partial charge is 0.336 e. The van der Waals surface area contributed by atoms with E-state index in [4.69, 9.17) is 11.6 Å². The van der Waals surface area contributed by atoms with Crippen molar-refractivity contribution in [2.75, 3.05) is 0 Å². The normalized spacial score (nSPS) is 11.1. The molecule has 0 unspecified atom stereocenters. The van der Waals surface area contributed by atoms with Crippen molar-refractivity contribution in [3.63, 3.8) is 0 Å². The minimum absolute atomic E-state index is 0.0279. The molecule has 3 aromatic rings. The average Bonchev–Trinajstić information content (AvgIpc) is 2.49. The van der Waals surface area contributed by atoms with Gasteiger partial charge >= 0.3 is 5.69 Å². The van der Waals surface area contributed by atoms with E-state index in [9.17, 15) is 14.0 Å². The maximum Gasteiger partial charge on any atom is 0.336 e. The highest BCUT2D eigenvalue weighted by Crippen LogP contribution is 2.27. The van der Waals surface area contributed by atoms with Crippen molar-refractivity contribution in [2.24, 2.45) is 7.05 Å². The van der Waals surface area contributed by atoms with Crippen LogP contribution in [0.25, 0.3) is 16.6 Å². The molecule has 112 valence electrons. The zero-order chi connectivity index (χ0) is 16.0. The van der Waals surface area contributed by atoms with Crippen LogP contribution >= 0.6 is 27.5 Å². The predicted octanol–water partition coefficient (Wildman–Crippen LogP) is 3.24. The van der Waals surface area contributed by atoms with E-state index >= 15 is 0 Å². The molecule has 0 N–H and O–H groups in total. The molecule has 0 aliphatic heterocycles. The monoisotopic (exact) mass is 382 g/mol. The first-order valence-corrected chi connectivity index (χ1v) is 7.45. The molecule has 0 spiro atoms. The number of aromatic nitrogens is 2. The summed E-state index contributed by atoms with van der Waals surface area (Å²) in [4.78, 5) is 25.1. The molecule has 0 atom stereocenters. The second kappa shape index (κ2) is 5.37. The van der Waals surface area contributed by atoms with Crippen LogP contribution < -0.4 is 11.2 Å². The molecule has 22 heavy (non-hydrogen) atoms. The third-order valence-corrected chi connectivity index (χ3v) is 4.69. The number of benzene rings is 2. The Labute approximate surface area is 137 Å². The summed E-state index contributed by atoms with van der Waals surface area (Å²) in [6, 6.07) is 9.02. The number of para-hydroxylation sites is 1. The van der Waals surface area contributed by atoms with Gasteiger partial charge in [-0.1, -0.05) is 23.7 Å². The van der Waals surface area contributed by atoms with Gasteiger partial charge in [0.05, 0.1) is 21.6 Å². The molecule has 0 saturated carbocycles. The highest BCUT2D eigenvalue weighted by atomic mass is 79.9. The molecule has 0 bridgehead atoms. The van der Waals surface area contributed by atoms with E-state index in [-0.39, 0.29) is 21.6 Å². The lowest BCUT2D eigenvalue weighted by Gasteiger charge is -2.12. The van der Waals surface area contributed by atoms with Crippen LogP contribution in [-0.2, 0) is 7.05 Å². The van der Waals surface area contributed by atoms with E-state index in [0.29, 0.717) is 4.47 Å². The lowest BCUT2D eigenvalue weighted by atomic mass is 10.2. The molecule has 1 heterocycles. The molecule has 7 heteroatoms. The van der Waals surface area contributed by atoms with Crippen molar-refractivity contribution >= 4 is 38.4 Å². The van der Waals surface area contributed by atoms with Gasteiger partial charge in [-0.2, -0.15) is 0 Å². The highest BCUT2D eigenvalue weighted by Gasteiger charge is 2.17. The van der Waals surface area contributed by atoms with Crippen LogP contribution in [0.3, 0.4) is 0 Å². The molecule has 3 rings (SSSR count). The van der Waals surface area contributed by atoms with E-state index in [1.165, 1.54) is 25.2 Å². The summed E-state index contributed by atoms with van der Waals surface area (Å²) < 4.78 is 16.5. The van der Waals surface area contributed by atoms with Crippen LogP contribution in [-0.4, -0.2) is 9.13 Å². The lowest BCUT2D eigenvalue weighted by Crippen LogP contribution is -2.38. The third kappa shape index (κ3) is 2.10. The van der Waals surface area contributed by atoms with Gasteiger partial charge in [-0.25, -0.2) is 13.8 Å². The van der Waals surface area contributed by atoms with E-state index in [0.717, 1.165) is 9.13 Å². The van der Waals surface area contributed by atoms with Crippen LogP contribution in [0.2, 0.25) is 5.02 Å². The van der Waals surface area contributed by atoms with Gasteiger partial charge in [0.15, 0.2) is 0 Å². The lowest BCUT2D eigenvalue weighted by molar-refractivity contribution is 0.624. The average molecular weight is 384 g/mol. The van der Waals surface area contributed by atoms with E-state index < -0.39 is 17.1 Å². The Morgan fingerprint density at radius 2 is 1.82 bits per heavy atom. The quantitative estimate of drug-likeness (QED) is 0.647. The Morgan fingerprint density at radius 1 is 1.14 bits per heavy atom. The summed E-state index contributed by atoms with van der Waals surface area (Å²) in [7, 11) is 1.41. The maximum atomic E-state index is 13.9. The summed E-state index contributed by atoms with van der Waals surface area (Å²) in [6.07, 6.45) is 0. The fourth-order valence-corrected chi connectivity index (χ4v) is 2.93. The van der Waals surface area contributed by atoms with Crippen molar-refractivity contribution in [2.45, 2.75) is 0 Å². The van der Waals surface area contributed by atoms with Gasteiger partial charge in [0, 0.05) is 11.5 Å². The number of halogens is 3. The smallest absolute Gasteiger partial charge is 0.293 e. The Morgan fingerprint density at radius 3 is 2.55 bits per heavy atom. The number of fused-ring (bicyclic) bond motifs is 1. The van der Waals surface area contributed by atoms with Crippen molar-refractivity contribution in [3.8, 4) is 5.69 Å². The maximum absolute atomic E-state index is 13.9. The summed E-state index contributed by atoms with van der Waals surface area (Å²) >= 11 is 9.43. The Balaban J connectivity index is 2.55. The van der Waals surface area contributed by atoms with Gasteiger partial charge in [-0.15, -0.1) is 0 Å². The molecular weight excluding hydrogens is 375 g/mol. The fourth-order valence-electron chi connectivity index (χ4n) is 2.36. The Bertz CT molecular complexity index is 1030. The van der Waals surface area contributed by atoms with Crippen LogP contribution in [0.15, 0.2) is 50.5 Å². The van der Waals surface area contributed by atoms with Crippen LogP contribution in [0.1, 0.15) is 0 Å². The zero-order valence-corrected chi connectivity index (χ0v) is 13.7. The van der Waals surface area contributed by atoms with Crippen molar-refractivity contribution in [3.05, 3.63) is 72.5 Å². The topological polar surface area (TPSA) is 44.0 Å². The molecule has 0 saturated heterocycles. The van der Waals surface area contributed by atoms with Gasteiger partial charge < -0.3 is 0 Å². The first kappa shape index (κ1) is 15.0. The van der Waals surface area contributed by atoms with Gasteiger partial charge in [-0.05, 0) is 40.2 Å². The molecule has 0 aliphatic rings. The van der Waals surface area contributed by atoms with E-state index in [1.54, 1.807) is 18.2 Å². The van der Waals surface area contributed by atoms with Crippen molar-refractivity contribution < 1.29 is 4.39 Å². The number of hydrogen-bond acceptors (Lipinski definition) is 2. The Hall–Kier alpha value is -1.92. The van der Waals surface area contributed by atoms with Crippen LogP contribution in [0, 0.1) is 5.82 Å². The predicted molar refractivity (Wildman–Crippen MR) is 87.5 cm³/mol. The first-order valence-electron chi connectivity index (χ1n) is 6.28. The van der Waals surface area contributed by atoms with Gasteiger partial charge in [-0.3, -0.25) is 9.36 Å². The number of aryl methyl sites for hydroxylation is 1. The van der Waals surface area contributed by atoms with E-state index in [2.05, 4.69) is 15.9 Å². The first-order chi connectivity index (χ1) is 10.4. The molecule has 0 radical (unpaired) electrons. The van der Waals surface area contributed by atoms with Crippen molar-refractivity contribution in [1.29, 1.82) is 0 Å². The summed E-state index contributed by atoms with van der Waals surface area (Å²) in [6.45, 7) is 0. The fraction of sp³-hybridized carbons (Fsp3) is 0.0667. The molecular formula is C15H9BrClFN2O2. The van der Waals surface area contributed by atoms with Crippen molar-refractivity contribution in [1.82, 2.24) is 9.13 Å². The van der Waals surface area contributed by atoms with Gasteiger partial charge in [0.25, 0.3) is 5.56 Å². The molecule has 1 aromatic heterocycles. The second-order valence-corrected chi connectivity index (χ2v) is 5.92. The van der Waals surface area contributed by atoms with Gasteiger partial charge in [0.2, 0.25) is 0 Å². The summed E-state index contributed by atoms with van der Waals surface area (Å²) in [5.74, 6) is -0.623. The standard InChI is InChI=1S/C15H9BrClFN2O2/c1-19-13-8(4-2-6-10(13)18)14(21)20(15(19)22)11-7-3-5-9(16)12(11)17/h2-7H,1H3. The number of hydrogen-bond donors (Lipinski definition) is 0. The van der Waals surface area contributed by atoms with Gasteiger partial charge in [0.1, 0.15) is 5.82 Å². The number of nitrogens with zero attached hydrogens (tertiary/aromatic N) is 2. The SMILES string of the molecule is Cn1c(=O)n(-c2cccc(Br)c2Cl)c(=O)c2cccc(F)c21.